The fourth-order valence-electron chi connectivity index (χ4n) is 2.05. The summed E-state index contributed by atoms with van der Waals surface area (Å²) >= 11 is 0. The smallest absolute Gasteiger partial charge is 0.310 e. The molecule has 0 spiro atoms. The largest absolute Gasteiger partial charge is 0.520 e. The van der Waals surface area contributed by atoms with Gasteiger partial charge in [0.25, 0.3) is 5.97 Å². The first-order valence-corrected chi connectivity index (χ1v) is 18.8. The van der Waals surface area contributed by atoms with E-state index >= 15 is 0 Å². The maximum atomic E-state index is 12.4. The number of hydrogen-bond donors (Lipinski definition) is 1. The number of nitrogens with one attached hydrogen (secondary N) is 1. The molecule has 0 saturated carbocycles. The zero-order valence-electron chi connectivity index (χ0n) is 17.4. The summed E-state index contributed by atoms with van der Waals surface area (Å²) in [6.07, 6.45) is 0.908. The van der Waals surface area contributed by atoms with E-state index in [0.29, 0.717) is 6.54 Å². The zero-order valence-corrected chi connectivity index (χ0v) is 20.4. The lowest BCUT2D eigenvalue weighted by molar-refractivity contribution is -0.143. The van der Waals surface area contributed by atoms with E-state index in [1.807, 2.05) is 39.3 Å². The summed E-state index contributed by atoms with van der Waals surface area (Å²) in [5, 5.41) is 3.18. The minimum Gasteiger partial charge on any atom is -0.520 e. The van der Waals surface area contributed by atoms with Crippen molar-refractivity contribution in [1.29, 1.82) is 0 Å². The van der Waals surface area contributed by atoms with Gasteiger partial charge in [0.15, 0.2) is 8.32 Å². The van der Waals surface area contributed by atoms with Crippen LogP contribution in [0.25, 0.3) is 0 Å². The summed E-state index contributed by atoms with van der Waals surface area (Å²) in [5.41, 5.74) is 0. The quantitative estimate of drug-likeness (QED) is 0.418. The van der Waals surface area contributed by atoms with Crippen LogP contribution in [0.15, 0.2) is 0 Å². The van der Waals surface area contributed by atoms with Crippen molar-refractivity contribution in [3.8, 4) is 0 Å². The molecule has 1 N–H and O–H groups in total. The fraction of sp³-hybridized carbons (Fsp3) is 0.875. The van der Waals surface area contributed by atoms with Crippen LogP contribution in [0.5, 0.6) is 0 Å². The summed E-state index contributed by atoms with van der Waals surface area (Å²) in [6.45, 7) is 16.7. The molecule has 25 heavy (non-hydrogen) atoms. The Morgan fingerprint density at radius 2 is 1.44 bits per heavy atom. The highest BCUT2D eigenvalue weighted by atomic mass is 28.4. The predicted octanol–water partition coefficient (Wildman–Crippen LogP) is 3.33. The van der Waals surface area contributed by atoms with Gasteiger partial charge in [0.05, 0.1) is 6.42 Å². The van der Waals surface area contributed by atoms with Gasteiger partial charge in [-0.05, 0) is 71.4 Å². The van der Waals surface area contributed by atoms with Crippen LogP contribution in [0.1, 0.15) is 12.8 Å². The molecule has 148 valence electrons. The lowest BCUT2D eigenvalue weighted by Crippen LogP contribution is -2.45. The van der Waals surface area contributed by atoms with E-state index in [1.54, 1.807) is 7.11 Å². The molecular weight excluding hydrogens is 370 g/mol. The Morgan fingerprint density at radius 3 is 1.88 bits per heavy atom. The monoisotopic (exact) mass is 407 g/mol. The molecular formula is C16H37NO5Si3. The van der Waals surface area contributed by atoms with E-state index in [9.17, 15) is 9.59 Å². The Labute approximate surface area is 156 Å². The molecule has 0 radical (unpaired) electrons. The molecule has 0 amide bonds. The Hall–Kier alpha value is -0.489. The standard InChI is InChI=1S/C16H37NO5Si3/c1-20-25(8,9)12-10-11-17-14(16(19)22-24(5,6)7)13-15(18)21-23(2,3)4/h14,17H,10-13H2,1-9H3. The van der Waals surface area contributed by atoms with Gasteiger partial charge >= 0.3 is 5.97 Å². The van der Waals surface area contributed by atoms with Crippen LogP contribution in [-0.4, -0.2) is 56.6 Å². The van der Waals surface area contributed by atoms with Crippen LogP contribution in [0.4, 0.5) is 0 Å². The molecule has 0 bridgehead atoms. The van der Waals surface area contributed by atoms with Crippen LogP contribution in [0.2, 0.25) is 58.4 Å². The van der Waals surface area contributed by atoms with Crippen molar-refractivity contribution in [2.45, 2.75) is 77.3 Å². The van der Waals surface area contributed by atoms with Crippen molar-refractivity contribution in [3.63, 3.8) is 0 Å². The van der Waals surface area contributed by atoms with E-state index < -0.39 is 31.0 Å². The minimum atomic E-state index is -2.01. The van der Waals surface area contributed by atoms with Gasteiger partial charge in [-0.3, -0.25) is 9.59 Å². The van der Waals surface area contributed by atoms with Crippen molar-refractivity contribution in [2.75, 3.05) is 13.7 Å². The van der Waals surface area contributed by atoms with Gasteiger partial charge in [0, 0.05) is 7.11 Å². The van der Waals surface area contributed by atoms with Gasteiger partial charge in [-0.25, -0.2) is 0 Å². The van der Waals surface area contributed by atoms with E-state index in [1.165, 1.54) is 0 Å². The number of carbonyl (C=O) groups excluding carboxylic acids is 2. The lowest BCUT2D eigenvalue weighted by Gasteiger charge is -2.25. The molecule has 0 fully saturated rings. The average Bonchev–Trinajstić information content (AvgIpc) is 2.38. The second-order valence-electron chi connectivity index (χ2n) is 8.90. The summed E-state index contributed by atoms with van der Waals surface area (Å²) < 4.78 is 16.6. The molecule has 0 saturated heterocycles. The molecule has 0 aromatic heterocycles. The Kier molecular flexibility index (Phi) is 9.81. The minimum absolute atomic E-state index is 0.0126. The Bertz CT molecular complexity index is 444. The third kappa shape index (κ3) is 13.4. The first kappa shape index (κ1) is 24.5. The highest BCUT2D eigenvalue weighted by Gasteiger charge is 2.30. The number of carbonyl (C=O) groups is 2. The molecule has 0 aliphatic rings. The summed E-state index contributed by atoms with van der Waals surface area (Å²) in [5.74, 6) is -0.689. The molecule has 1 unspecified atom stereocenters. The molecule has 0 aliphatic heterocycles. The van der Waals surface area contributed by atoms with Crippen molar-refractivity contribution < 1.29 is 22.9 Å². The molecule has 1 atom stereocenters. The van der Waals surface area contributed by atoms with Crippen LogP contribution in [0.3, 0.4) is 0 Å². The maximum Gasteiger partial charge on any atom is 0.310 e. The summed E-state index contributed by atoms with van der Waals surface area (Å²) in [4.78, 5) is 24.6. The van der Waals surface area contributed by atoms with Crippen molar-refractivity contribution in [3.05, 3.63) is 0 Å². The van der Waals surface area contributed by atoms with Gasteiger partial charge in [0.1, 0.15) is 6.04 Å². The van der Waals surface area contributed by atoms with Crippen LogP contribution in [-0.2, 0) is 22.9 Å². The van der Waals surface area contributed by atoms with Crippen molar-refractivity contribution in [1.82, 2.24) is 5.32 Å². The first-order valence-electron chi connectivity index (χ1n) is 8.88. The zero-order chi connectivity index (χ0) is 19.9. The summed E-state index contributed by atoms with van der Waals surface area (Å²) in [6, 6.07) is 0.342. The Morgan fingerprint density at radius 1 is 0.920 bits per heavy atom. The second-order valence-corrected chi connectivity index (χ2v) is 22.2. The average molecular weight is 408 g/mol. The topological polar surface area (TPSA) is 73.9 Å². The van der Waals surface area contributed by atoms with Crippen LogP contribution < -0.4 is 5.32 Å². The van der Waals surface area contributed by atoms with E-state index in [-0.39, 0.29) is 18.4 Å². The summed E-state index contributed by atoms with van der Waals surface area (Å²) in [7, 11) is -3.84. The van der Waals surface area contributed by atoms with Crippen LogP contribution >= 0.6 is 0 Å². The molecule has 0 heterocycles. The van der Waals surface area contributed by atoms with Gasteiger partial charge in [0.2, 0.25) is 16.6 Å². The van der Waals surface area contributed by atoms with Gasteiger partial charge in [-0.1, -0.05) is 0 Å². The maximum absolute atomic E-state index is 12.4. The predicted molar refractivity (Wildman–Crippen MR) is 109 cm³/mol. The van der Waals surface area contributed by atoms with Crippen molar-refractivity contribution >= 4 is 36.9 Å². The highest BCUT2D eigenvalue weighted by Crippen LogP contribution is 2.13. The normalized spacial score (nSPS) is 14.1. The third-order valence-corrected chi connectivity index (χ3v) is 7.70. The first-order chi connectivity index (χ1) is 11.2. The highest BCUT2D eigenvalue weighted by molar-refractivity contribution is 6.72. The fourth-order valence-corrected chi connectivity index (χ4v) is 4.80. The molecule has 6 nitrogen and oxygen atoms in total. The van der Waals surface area contributed by atoms with Gasteiger partial charge in [-0.2, -0.15) is 0 Å². The molecule has 0 rings (SSSR count). The van der Waals surface area contributed by atoms with E-state index in [0.717, 1.165) is 12.5 Å². The van der Waals surface area contributed by atoms with Gasteiger partial charge < -0.3 is 18.6 Å². The molecule has 0 aliphatic carbocycles. The Balaban J connectivity index is 4.73. The number of hydrogen-bond acceptors (Lipinski definition) is 6. The van der Waals surface area contributed by atoms with Crippen LogP contribution in [0, 0.1) is 0 Å². The van der Waals surface area contributed by atoms with E-state index in [2.05, 4.69) is 18.4 Å². The van der Waals surface area contributed by atoms with E-state index in [4.69, 9.17) is 13.3 Å². The lowest BCUT2D eigenvalue weighted by atomic mass is 10.2. The third-order valence-electron chi connectivity index (χ3n) is 3.38. The molecule has 0 aromatic rings. The molecule has 0 aromatic carbocycles. The molecule has 9 heteroatoms. The van der Waals surface area contributed by atoms with Crippen molar-refractivity contribution in [2.24, 2.45) is 0 Å². The second kappa shape index (κ2) is 10.0. The SMILES string of the molecule is CO[Si](C)(C)CCCNC(CC(=O)O[Si](C)(C)C)C(=O)O[Si](C)(C)C. The number of rotatable bonds is 11. The van der Waals surface area contributed by atoms with Gasteiger partial charge in [-0.15, -0.1) is 0 Å².